The lowest BCUT2D eigenvalue weighted by Crippen LogP contribution is -2.59. The van der Waals surface area contributed by atoms with Crippen molar-refractivity contribution in [2.24, 2.45) is 28.6 Å². The Hall–Kier alpha value is -1.97. The highest BCUT2D eigenvalue weighted by Gasteiger charge is 2.68. The van der Waals surface area contributed by atoms with E-state index in [0.29, 0.717) is 36.2 Å². The van der Waals surface area contributed by atoms with Gasteiger partial charge in [-0.05, 0) is 81.3 Å². The monoisotopic (exact) mass is 424 g/mol. The number of fused-ring (bicyclic) bond motifs is 5. The molecule has 0 spiro atoms. The van der Waals surface area contributed by atoms with Crippen LogP contribution < -0.4 is 0 Å². The molecule has 4 aliphatic rings. The summed E-state index contributed by atoms with van der Waals surface area (Å²) in [4.78, 5) is 37.9. The van der Waals surface area contributed by atoms with Gasteiger partial charge in [-0.2, -0.15) is 0 Å². The molecule has 0 unspecified atom stereocenters. The Morgan fingerprint density at radius 2 is 1.81 bits per heavy atom. The number of hydrogen-bond acceptors (Lipinski definition) is 4. The van der Waals surface area contributed by atoms with Crippen molar-refractivity contribution in [1.29, 1.82) is 0 Å². The molecule has 31 heavy (non-hydrogen) atoms. The molecule has 0 saturated heterocycles. The van der Waals surface area contributed by atoms with E-state index in [4.69, 9.17) is 4.74 Å². The third kappa shape index (κ3) is 2.82. The normalized spacial score (nSPS) is 41.7. The minimum atomic E-state index is -1.00. The third-order valence-corrected chi connectivity index (χ3v) is 9.62. The lowest BCUT2D eigenvalue weighted by molar-refractivity contribution is -0.188. The van der Waals surface area contributed by atoms with Crippen LogP contribution in [0.3, 0.4) is 0 Å². The van der Waals surface area contributed by atoms with Crippen molar-refractivity contribution < 1.29 is 19.1 Å². The number of ketones is 2. The fourth-order valence-electron chi connectivity index (χ4n) is 7.84. The van der Waals surface area contributed by atoms with Crippen LogP contribution >= 0.6 is 0 Å². The predicted molar refractivity (Wildman–Crippen MR) is 120 cm³/mol. The number of rotatable bonds is 4. The van der Waals surface area contributed by atoms with Gasteiger partial charge >= 0.3 is 5.97 Å². The molecule has 0 radical (unpaired) electrons. The SMILES string of the molecule is C=C1C(=C)[C@@]2(C)C(=CC1=O)CC[C@@H]1[C@@H]2CC[C@@]2(C)[C@H]1CC[C@]2(OC(=O)CCC)C(C)=O. The first kappa shape index (κ1) is 22.2. The Morgan fingerprint density at radius 3 is 2.45 bits per heavy atom. The van der Waals surface area contributed by atoms with E-state index in [1.807, 2.05) is 13.0 Å². The van der Waals surface area contributed by atoms with Gasteiger partial charge in [0, 0.05) is 22.8 Å². The van der Waals surface area contributed by atoms with Crippen LogP contribution in [-0.4, -0.2) is 23.1 Å². The Balaban J connectivity index is 1.71. The van der Waals surface area contributed by atoms with E-state index in [0.717, 1.165) is 44.1 Å². The highest BCUT2D eigenvalue weighted by atomic mass is 16.6. The van der Waals surface area contributed by atoms with E-state index in [-0.39, 0.29) is 28.4 Å². The lowest BCUT2D eigenvalue weighted by atomic mass is 9.45. The molecule has 0 bridgehead atoms. The van der Waals surface area contributed by atoms with Crippen LogP contribution in [0.4, 0.5) is 0 Å². The summed E-state index contributed by atoms with van der Waals surface area (Å²) in [6.07, 6.45) is 8.07. The fraction of sp³-hybridized carbons (Fsp3) is 0.667. The first-order chi connectivity index (χ1) is 14.5. The second-order valence-electron chi connectivity index (χ2n) is 10.7. The van der Waals surface area contributed by atoms with Gasteiger partial charge in [0.1, 0.15) is 0 Å². The van der Waals surface area contributed by atoms with Crippen LogP contribution in [0.15, 0.2) is 36.0 Å². The number of allylic oxidation sites excluding steroid dienone is 3. The van der Waals surface area contributed by atoms with Crippen molar-refractivity contribution in [1.82, 2.24) is 0 Å². The van der Waals surface area contributed by atoms with Gasteiger partial charge in [-0.3, -0.25) is 14.4 Å². The number of carbonyl (C=O) groups excluding carboxylic acids is 3. The average Bonchev–Trinajstić information content (AvgIpc) is 3.01. The molecule has 0 N–H and O–H groups in total. The molecule has 4 nitrogen and oxygen atoms in total. The van der Waals surface area contributed by atoms with E-state index in [1.54, 1.807) is 6.92 Å². The van der Waals surface area contributed by atoms with Gasteiger partial charge in [0.25, 0.3) is 0 Å². The fourth-order valence-corrected chi connectivity index (χ4v) is 7.84. The van der Waals surface area contributed by atoms with Crippen molar-refractivity contribution >= 4 is 17.5 Å². The summed E-state index contributed by atoms with van der Waals surface area (Å²) in [6, 6.07) is 0. The summed E-state index contributed by atoms with van der Waals surface area (Å²) in [5.74, 6) is 0.848. The second-order valence-corrected chi connectivity index (χ2v) is 10.7. The van der Waals surface area contributed by atoms with Crippen LogP contribution in [0.1, 0.15) is 79.1 Å². The zero-order valence-corrected chi connectivity index (χ0v) is 19.5. The molecule has 0 aliphatic heterocycles. The van der Waals surface area contributed by atoms with Crippen molar-refractivity contribution in [3.05, 3.63) is 36.0 Å². The largest absolute Gasteiger partial charge is 0.450 e. The number of Topliss-reactive ketones (excluding diaryl/α,β-unsaturated/α-hetero) is 1. The van der Waals surface area contributed by atoms with Crippen molar-refractivity contribution in [2.45, 2.75) is 84.7 Å². The summed E-state index contributed by atoms with van der Waals surface area (Å²) >= 11 is 0. The maximum atomic E-state index is 13.0. The maximum absolute atomic E-state index is 13.0. The van der Waals surface area contributed by atoms with Crippen molar-refractivity contribution in [2.75, 3.05) is 0 Å². The average molecular weight is 425 g/mol. The molecule has 4 heteroatoms. The van der Waals surface area contributed by atoms with Gasteiger partial charge in [0.05, 0.1) is 0 Å². The van der Waals surface area contributed by atoms with Crippen LogP contribution in [-0.2, 0) is 19.1 Å². The van der Waals surface area contributed by atoms with E-state index >= 15 is 0 Å². The summed E-state index contributed by atoms with van der Waals surface area (Å²) < 4.78 is 6.06. The van der Waals surface area contributed by atoms with Crippen LogP contribution in [0.25, 0.3) is 0 Å². The molecule has 4 aliphatic carbocycles. The number of hydrogen-bond donors (Lipinski definition) is 0. The highest BCUT2D eigenvalue weighted by molar-refractivity contribution is 6.09. The molecule has 6 atom stereocenters. The molecule has 0 aromatic carbocycles. The van der Waals surface area contributed by atoms with Crippen molar-refractivity contribution in [3.8, 4) is 0 Å². The van der Waals surface area contributed by atoms with Crippen molar-refractivity contribution in [3.63, 3.8) is 0 Å². The van der Waals surface area contributed by atoms with E-state index < -0.39 is 5.60 Å². The number of carbonyl (C=O) groups is 3. The Bertz CT molecular complexity index is 910. The summed E-state index contributed by atoms with van der Waals surface area (Å²) in [5, 5.41) is 0. The van der Waals surface area contributed by atoms with Crippen LogP contribution in [0, 0.1) is 28.6 Å². The van der Waals surface area contributed by atoms with E-state index in [2.05, 4.69) is 27.0 Å². The topological polar surface area (TPSA) is 60.4 Å². The standard InChI is InChI=1S/C27H36O4/c1-7-8-24(30)31-27(18(4)28)14-12-21-20-10-9-19-15-23(29)16(2)17(3)26(19,6)22(20)11-13-25(21,27)5/h15,20-22H,2-3,7-14H2,1,4-6H3/t20-,21-,22-,25-,26-,27-/m0/s1. The second kappa shape index (κ2) is 7.28. The zero-order valence-electron chi connectivity index (χ0n) is 19.5. The molecule has 168 valence electrons. The maximum Gasteiger partial charge on any atom is 0.306 e. The van der Waals surface area contributed by atoms with Crippen LogP contribution in [0.5, 0.6) is 0 Å². The van der Waals surface area contributed by atoms with Gasteiger partial charge in [-0.15, -0.1) is 0 Å². The van der Waals surface area contributed by atoms with E-state index in [9.17, 15) is 14.4 Å². The molecular weight excluding hydrogens is 388 g/mol. The van der Waals surface area contributed by atoms with Gasteiger partial charge in [-0.1, -0.05) is 39.5 Å². The molecule has 3 fully saturated rings. The highest BCUT2D eigenvalue weighted by Crippen LogP contribution is 2.69. The Labute approximate surface area is 186 Å². The molecule has 0 amide bonds. The summed E-state index contributed by atoms with van der Waals surface area (Å²) in [7, 11) is 0. The first-order valence-electron chi connectivity index (χ1n) is 11.9. The molecular formula is C27H36O4. The van der Waals surface area contributed by atoms with Gasteiger partial charge < -0.3 is 4.74 Å². The van der Waals surface area contributed by atoms with E-state index in [1.165, 1.54) is 5.57 Å². The number of esters is 1. The minimum absolute atomic E-state index is 0.00382. The lowest BCUT2D eigenvalue weighted by Gasteiger charge is -2.59. The summed E-state index contributed by atoms with van der Waals surface area (Å²) in [6.45, 7) is 16.3. The quantitative estimate of drug-likeness (QED) is 0.440. The predicted octanol–water partition coefficient (Wildman–Crippen LogP) is 5.52. The summed E-state index contributed by atoms with van der Waals surface area (Å²) in [5.41, 5.74) is 1.02. The molecule has 4 rings (SSSR count). The van der Waals surface area contributed by atoms with Gasteiger partial charge in [0.15, 0.2) is 17.2 Å². The van der Waals surface area contributed by atoms with Crippen LogP contribution in [0.2, 0.25) is 0 Å². The number of ether oxygens (including phenoxy) is 1. The Kier molecular flexibility index (Phi) is 5.22. The minimum Gasteiger partial charge on any atom is -0.450 e. The molecule has 3 saturated carbocycles. The van der Waals surface area contributed by atoms with Gasteiger partial charge in [0.2, 0.25) is 0 Å². The smallest absolute Gasteiger partial charge is 0.306 e. The Morgan fingerprint density at radius 1 is 1.13 bits per heavy atom. The molecule has 0 aromatic heterocycles. The molecule has 0 aromatic rings. The first-order valence-corrected chi connectivity index (χ1v) is 11.9. The zero-order chi connectivity index (χ0) is 22.8. The molecule has 0 heterocycles. The third-order valence-electron chi connectivity index (χ3n) is 9.62. The van der Waals surface area contributed by atoms with Gasteiger partial charge in [-0.25, -0.2) is 0 Å².